The van der Waals surface area contributed by atoms with Crippen LogP contribution in [-0.4, -0.2) is 59.8 Å². The minimum Gasteiger partial charge on any atom is -0.324 e. The van der Waals surface area contributed by atoms with E-state index >= 15 is 0 Å². The standard InChI is InChI=1S/C52H30N12S4/c1-5-25-53-37(21-1)65-33-17-9-13-29-41(33)49-57-45(29)62-50-43-31(15-11-19-35(43)67-39-23-3-7-27-55-39)47(59-50)64-52-44-32(16-12-20-36(44)68-40-24-4-8-28-56-40)48(60-52)63-51-42-30(46(58-51)61-49)14-10-18-34(42)66-38-22-2-6-26-54-38/h1-28H,(H2,57,58,59,60,61,62,63,64). The molecule has 9 heterocycles. The Bertz CT molecular complexity index is 3670. The van der Waals surface area contributed by atoms with Crippen molar-refractivity contribution >= 4 is 91.2 Å². The third-order valence-corrected chi connectivity index (χ3v) is 15.2. The molecule has 0 saturated carbocycles. The van der Waals surface area contributed by atoms with Gasteiger partial charge in [0.05, 0.1) is 0 Å². The molecule has 2 N–H and O–H groups in total. The summed E-state index contributed by atoms with van der Waals surface area (Å²) in [6.07, 6.45) is 7.20. The lowest BCUT2D eigenvalue weighted by Crippen LogP contribution is -1.87. The number of benzene rings is 4. The van der Waals surface area contributed by atoms with Crippen LogP contribution in [0.15, 0.2) is 210 Å². The minimum atomic E-state index is 0.501. The second kappa shape index (κ2) is 17.2. The molecule has 12 nitrogen and oxygen atoms in total. The van der Waals surface area contributed by atoms with Crippen LogP contribution in [0.3, 0.4) is 0 Å². The number of aromatic amines is 2. The number of hydrogen-bond donors (Lipinski definition) is 2. The Hall–Kier alpha value is -7.76. The summed E-state index contributed by atoms with van der Waals surface area (Å²) >= 11 is 6.25. The normalized spacial score (nSPS) is 11.8. The van der Waals surface area contributed by atoms with Crippen molar-refractivity contribution < 1.29 is 0 Å². The van der Waals surface area contributed by atoms with Gasteiger partial charge in [-0.3, -0.25) is 0 Å². The number of H-pyrrole nitrogens is 2. The minimum absolute atomic E-state index is 0.501. The zero-order valence-electron chi connectivity index (χ0n) is 35.3. The lowest BCUT2D eigenvalue weighted by Gasteiger charge is -2.07. The van der Waals surface area contributed by atoms with E-state index in [1.807, 2.05) is 109 Å². The van der Waals surface area contributed by atoms with Crippen molar-refractivity contribution in [1.82, 2.24) is 59.8 Å². The number of fused-ring (bicyclic) bond motifs is 20. The molecule has 0 saturated heterocycles. The zero-order chi connectivity index (χ0) is 45.0. The number of nitrogens with zero attached hydrogens (tertiary/aromatic N) is 10. The lowest BCUT2D eigenvalue weighted by atomic mass is 10.1. The van der Waals surface area contributed by atoms with Gasteiger partial charge < -0.3 is 9.97 Å². The molecule has 0 spiro atoms. The fourth-order valence-electron chi connectivity index (χ4n) is 8.28. The number of aromatic nitrogens is 12. The van der Waals surface area contributed by atoms with Crippen molar-refractivity contribution in [3.8, 4) is 45.6 Å². The van der Waals surface area contributed by atoms with E-state index in [2.05, 4.69) is 66.3 Å². The monoisotopic (exact) mass is 950 g/mol. The second-order valence-corrected chi connectivity index (χ2v) is 19.7. The highest BCUT2D eigenvalue weighted by molar-refractivity contribution is 8.00. The number of nitrogens with one attached hydrogen (secondary N) is 2. The molecular formula is C52H30N12S4. The van der Waals surface area contributed by atoms with Crippen LogP contribution >= 0.6 is 47.0 Å². The molecule has 0 fully saturated rings. The molecule has 2 aliphatic heterocycles. The molecule has 68 heavy (non-hydrogen) atoms. The maximum absolute atomic E-state index is 5.42. The Kier molecular flexibility index (Phi) is 10.2. The van der Waals surface area contributed by atoms with Gasteiger partial charge in [-0.1, -0.05) is 120 Å². The van der Waals surface area contributed by atoms with Gasteiger partial charge in [0.15, 0.2) is 23.3 Å². The second-order valence-electron chi connectivity index (χ2n) is 15.4. The van der Waals surface area contributed by atoms with E-state index in [4.69, 9.17) is 29.9 Å². The molecule has 0 aliphatic carbocycles. The SMILES string of the molecule is c1ccc(Sc2cccc3c2-c2nc-3nc3[nH]c(nc4nc(nc5[nH]c(n2)c2cccc(Sc6ccccn6)c52)-c2cccc(Sc5ccccn5)c2-4)c2cccc(Sc4ccccn4)c32)nc1. The first kappa shape index (κ1) is 40.5. The molecule has 322 valence electrons. The molecule has 4 aromatic carbocycles. The quantitative estimate of drug-likeness (QED) is 0.148. The van der Waals surface area contributed by atoms with Gasteiger partial charge in [0, 0.05) is 88.2 Å². The highest BCUT2D eigenvalue weighted by Gasteiger charge is 2.27. The molecule has 7 aromatic heterocycles. The van der Waals surface area contributed by atoms with Crippen molar-refractivity contribution in [2.45, 2.75) is 39.7 Å². The number of rotatable bonds is 8. The molecule has 16 heteroatoms. The molecular weight excluding hydrogens is 921 g/mol. The van der Waals surface area contributed by atoms with Gasteiger partial charge in [0.1, 0.15) is 42.7 Å². The molecule has 0 amide bonds. The highest BCUT2D eigenvalue weighted by Crippen LogP contribution is 2.46. The average Bonchev–Trinajstić information content (AvgIpc) is 4.12. The number of pyridine rings is 4. The van der Waals surface area contributed by atoms with E-state index in [9.17, 15) is 0 Å². The van der Waals surface area contributed by atoms with E-state index in [-0.39, 0.29) is 0 Å². The van der Waals surface area contributed by atoms with Crippen LogP contribution in [0.5, 0.6) is 0 Å². The zero-order valence-corrected chi connectivity index (χ0v) is 38.5. The Labute approximate surface area is 404 Å². The van der Waals surface area contributed by atoms with Crippen molar-refractivity contribution in [2.75, 3.05) is 0 Å². The highest BCUT2D eigenvalue weighted by atomic mass is 32.2. The van der Waals surface area contributed by atoms with Crippen LogP contribution in [0.1, 0.15) is 0 Å². The predicted molar refractivity (Wildman–Crippen MR) is 269 cm³/mol. The van der Waals surface area contributed by atoms with Crippen LogP contribution in [0, 0.1) is 0 Å². The van der Waals surface area contributed by atoms with Crippen molar-refractivity contribution in [2.24, 2.45) is 0 Å². The third-order valence-electron chi connectivity index (χ3n) is 11.2. The first-order chi connectivity index (χ1) is 33.7. The van der Waals surface area contributed by atoms with Gasteiger partial charge >= 0.3 is 0 Å². The van der Waals surface area contributed by atoms with Gasteiger partial charge in [-0.15, -0.1) is 0 Å². The topological polar surface area (TPSA) is 160 Å². The maximum Gasteiger partial charge on any atom is 0.165 e. The van der Waals surface area contributed by atoms with E-state index in [0.717, 1.165) is 83.5 Å². The summed E-state index contributed by atoms with van der Waals surface area (Å²) in [5.74, 6) is 2.01. The molecule has 2 aliphatic rings. The Balaban J connectivity index is 1.15. The van der Waals surface area contributed by atoms with Gasteiger partial charge in [0.2, 0.25) is 0 Å². The summed E-state index contributed by atoms with van der Waals surface area (Å²) < 4.78 is 0. The van der Waals surface area contributed by atoms with E-state index in [1.165, 1.54) is 0 Å². The molecule has 0 radical (unpaired) electrons. The van der Waals surface area contributed by atoms with Crippen molar-refractivity contribution in [3.63, 3.8) is 0 Å². The van der Waals surface area contributed by atoms with Crippen LogP contribution in [-0.2, 0) is 0 Å². The lowest BCUT2D eigenvalue weighted by molar-refractivity contribution is 1.13. The van der Waals surface area contributed by atoms with Gasteiger partial charge in [-0.05, 0) is 72.8 Å². The molecule has 13 rings (SSSR count). The molecule has 0 atom stereocenters. The fraction of sp³-hybridized carbons (Fsp3) is 0. The van der Waals surface area contributed by atoms with Gasteiger partial charge in [-0.25, -0.2) is 49.8 Å². The Morgan fingerprint density at radius 2 is 0.647 bits per heavy atom. The summed E-state index contributed by atoms with van der Waals surface area (Å²) in [7, 11) is 0. The Morgan fingerprint density at radius 1 is 0.294 bits per heavy atom. The van der Waals surface area contributed by atoms with E-state index in [0.29, 0.717) is 45.9 Å². The summed E-state index contributed by atoms with van der Waals surface area (Å²) in [4.78, 5) is 62.0. The van der Waals surface area contributed by atoms with Crippen LogP contribution < -0.4 is 0 Å². The first-order valence-electron chi connectivity index (χ1n) is 21.4. The molecule has 0 unspecified atom stereocenters. The summed E-state index contributed by atoms with van der Waals surface area (Å²) in [5.41, 5.74) is 5.72. The van der Waals surface area contributed by atoms with E-state index in [1.54, 1.807) is 71.8 Å². The van der Waals surface area contributed by atoms with E-state index < -0.39 is 0 Å². The largest absolute Gasteiger partial charge is 0.324 e. The molecule has 8 bridgehead atoms. The van der Waals surface area contributed by atoms with Crippen LogP contribution in [0.2, 0.25) is 0 Å². The summed E-state index contributed by atoms with van der Waals surface area (Å²) in [6, 6.07) is 48.3. The summed E-state index contributed by atoms with van der Waals surface area (Å²) in [5, 5.41) is 6.87. The Morgan fingerprint density at radius 3 is 1.03 bits per heavy atom. The average molecular weight is 951 g/mol. The predicted octanol–water partition coefficient (Wildman–Crippen LogP) is 13.1. The molecule has 11 aromatic rings. The van der Waals surface area contributed by atoms with Crippen molar-refractivity contribution in [1.29, 1.82) is 0 Å². The third kappa shape index (κ3) is 7.43. The maximum atomic E-state index is 5.42. The van der Waals surface area contributed by atoms with Crippen LogP contribution in [0.4, 0.5) is 0 Å². The van der Waals surface area contributed by atoms with Crippen LogP contribution in [0.25, 0.3) is 89.7 Å². The fourth-order valence-corrected chi connectivity index (χ4v) is 12.0. The first-order valence-corrected chi connectivity index (χ1v) is 24.6. The van der Waals surface area contributed by atoms with Gasteiger partial charge in [0.25, 0.3) is 0 Å². The number of hydrogen-bond acceptors (Lipinski definition) is 14. The smallest absolute Gasteiger partial charge is 0.165 e. The summed E-state index contributed by atoms with van der Waals surface area (Å²) in [6.45, 7) is 0. The van der Waals surface area contributed by atoms with Crippen molar-refractivity contribution in [3.05, 3.63) is 170 Å². The van der Waals surface area contributed by atoms with Gasteiger partial charge in [-0.2, -0.15) is 0 Å².